The number of phenols is 1. The van der Waals surface area contributed by atoms with Crippen LogP contribution in [0.5, 0.6) is 5.75 Å². The van der Waals surface area contributed by atoms with Crippen LogP contribution in [-0.2, 0) is 16.8 Å². The van der Waals surface area contributed by atoms with Gasteiger partial charge in [0, 0.05) is 5.75 Å². The Morgan fingerprint density at radius 2 is 2.25 bits per heavy atom. The molecule has 0 aliphatic heterocycles. The van der Waals surface area contributed by atoms with E-state index in [-0.39, 0.29) is 5.75 Å². The number of phenolic OH excluding ortho intramolecular Hbond substituents is 1. The predicted molar refractivity (Wildman–Crippen MR) is 40.7 cm³/mol. The Bertz CT molecular complexity index is 314. The van der Waals surface area contributed by atoms with Crippen LogP contribution in [0.2, 0.25) is 0 Å². The van der Waals surface area contributed by atoms with Crippen molar-refractivity contribution in [2.24, 2.45) is 0 Å². The number of aromatic hydroxyl groups is 1. The quantitative estimate of drug-likeness (QED) is 0.703. The SMILES string of the molecule is O=S([O-])Cc1ccc(O)c(F)c1. The minimum Gasteiger partial charge on any atom is -0.772 e. The van der Waals surface area contributed by atoms with Crippen molar-refractivity contribution in [2.45, 2.75) is 5.75 Å². The summed E-state index contributed by atoms with van der Waals surface area (Å²) in [4.78, 5) is 0. The predicted octanol–water partition coefficient (Wildman–Crippen LogP) is 0.910. The van der Waals surface area contributed by atoms with Crippen molar-refractivity contribution in [3.05, 3.63) is 29.6 Å². The molecule has 1 N–H and O–H groups in total. The summed E-state index contributed by atoms with van der Waals surface area (Å²) in [6.07, 6.45) is 0. The second-order valence-corrected chi connectivity index (χ2v) is 3.13. The van der Waals surface area contributed by atoms with E-state index in [1.54, 1.807) is 0 Å². The molecule has 5 heteroatoms. The van der Waals surface area contributed by atoms with Gasteiger partial charge < -0.3 is 9.66 Å². The molecule has 0 aliphatic rings. The molecule has 3 nitrogen and oxygen atoms in total. The third-order valence-electron chi connectivity index (χ3n) is 1.30. The summed E-state index contributed by atoms with van der Waals surface area (Å²) in [6.45, 7) is 0. The van der Waals surface area contributed by atoms with Crippen LogP contribution < -0.4 is 0 Å². The van der Waals surface area contributed by atoms with Crippen LogP contribution >= 0.6 is 0 Å². The lowest BCUT2D eigenvalue weighted by molar-refractivity contribution is 0.432. The van der Waals surface area contributed by atoms with Crippen LogP contribution in [0.3, 0.4) is 0 Å². The molecule has 0 aromatic heterocycles. The van der Waals surface area contributed by atoms with Crippen molar-refractivity contribution >= 4 is 11.1 Å². The molecule has 0 fully saturated rings. The van der Waals surface area contributed by atoms with E-state index in [1.165, 1.54) is 6.07 Å². The van der Waals surface area contributed by atoms with Crippen LogP contribution in [0.15, 0.2) is 18.2 Å². The molecule has 0 spiro atoms. The van der Waals surface area contributed by atoms with E-state index < -0.39 is 22.6 Å². The van der Waals surface area contributed by atoms with Crippen molar-refractivity contribution in [1.29, 1.82) is 0 Å². The molecule has 0 heterocycles. The van der Waals surface area contributed by atoms with E-state index in [2.05, 4.69) is 0 Å². The van der Waals surface area contributed by atoms with Gasteiger partial charge in [-0.1, -0.05) is 17.1 Å². The summed E-state index contributed by atoms with van der Waals surface area (Å²) < 4.78 is 32.9. The number of benzene rings is 1. The Morgan fingerprint density at radius 1 is 1.58 bits per heavy atom. The summed E-state index contributed by atoms with van der Waals surface area (Å²) in [5.41, 5.74) is 0.318. The van der Waals surface area contributed by atoms with E-state index in [1.807, 2.05) is 0 Å². The van der Waals surface area contributed by atoms with Gasteiger partial charge in [-0.05, 0) is 17.7 Å². The van der Waals surface area contributed by atoms with Gasteiger partial charge in [0.1, 0.15) is 0 Å². The molecule has 1 aromatic rings. The third-order valence-corrected chi connectivity index (χ3v) is 1.87. The average Bonchev–Trinajstić information content (AvgIpc) is 1.96. The fourth-order valence-electron chi connectivity index (χ4n) is 0.776. The summed E-state index contributed by atoms with van der Waals surface area (Å²) in [6, 6.07) is 3.47. The maximum Gasteiger partial charge on any atom is 0.165 e. The lowest BCUT2D eigenvalue weighted by Gasteiger charge is -2.04. The molecule has 66 valence electrons. The fraction of sp³-hybridized carbons (Fsp3) is 0.143. The van der Waals surface area contributed by atoms with Gasteiger partial charge in [-0.2, -0.15) is 0 Å². The Balaban J connectivity index is 2.89. The zero-order valence-electron chi connectivity index (χ0n) is 5.99. The fourth-order valence-corrected chi connectivity index (χ4v) is 1.23. The van der Waals surface area contributed by atoms with Crippen LogP contribution in [0.4, 0.5) is 4.39 Å². The van der Waals surface area contributed by atoms with E-state index >= 15 is 0 Å². The zero-order valence-corrected chi connectivity index (χ0v) is 6.81. The molecule has 0 saturated heterocycles. The lowest BCUT2D eigenvalue weighted by atomic mass is 10.2. The second-order valence-electron chi connectivity index (χ2n) is 2.23. The minimum atomic E-state index is -2.23. The molecule has 1 aromatic carbocycles. The summed E-state index contributed by atoms with van der Waals surface area (Å²) in [5, 5.41) is 8.75. The summed E-state index contributed by atoms with van der Waals surface area (Å²) in [5.74, 6) is -1.52. The maximum atomic E-state index is 12.6. The largest absolute Gasteiger partial charge is 0.772 e. The molecule has 0 bridgehead atoms. The first-order valence-electron chi connectivity index (χ1n) is 3.13. The van der Waals surface area contributed by atoms with Crippen molar-refractivity contribution in [3.8, 4) is 5.75 Å². The Labute approximate surface area is 71.1 Å². The average molecular weight is 189 g/mol. The van der Waals surface area contributed by atoms with Gasteiger partial charge >= 0.3 is 0 Å². The smallest absolute Gasteiger partial charge is 0.165 e. The molecule has 0 aliphatic carbocycles. The molecule has 0 saturated carbocycles. The normalized spacial score (nSPS) is 12.8. The van der Waals surface area contributed by atoms with E-state index in [4.69, 9.17) is 5.11 Å². The summed E-state index contributed by atoms with van der Waals surface area (Å²) >= 11 is -2.23. The molecule has 1 unspecified atom stereocenters. The van der Waals surface area contributed by atoms with Crippen molar-refractivity contribution in [3.63, 3.8) is 0 Å². The number of halogens is 1. The first-order valence-corrected chi connectivity index (χ1v) is 4.37. The topological polar surface area (TPSA) is 60.4 Å². The van der Waals surface area contributed by atoms with Crippen molar-refractivity contribution in [2.75, 3.05) is 0 Å². The molecule has 0 radical (unpaired) electrons. The first kappa shape index (κ1) is 9.15. The van der Waals surface area contributed by atoms with E-state index in [9.17, 15) is 13.2 Å². The maximum absolute atomic E-state index is 12.6. The van der Waals surface area contributed by atoms with E-state index in [0.717, 1.165) is 12.1 Å². The van der Waals surface area contributed by atoms with Gasteiger partial charge in [-0.3, -0.25) is 4.21 Å². The monoisotopic (exact) mass is 189 g/mol. The van der Waals surface area contributed by atoms with Gasteiger partial charge in [0.25, 0.3) is 0 Å². The highest BCUT2D eigenvalue weighted by Gasteiger charge is 2.00. The number of hydrogen-bond donors (Lipinski definition) is 1. The molecule has 12 heavy (non-hydrogen) atoms. The third kappa shape index (κ3) is 2.28. The van der Waals surface area contributed by atoms with Crippen LogP contribution in [0.25, 0.3) is 0 Å². The highest BCUT2D eigenvalue weighted by atomic mass is 32.2. The second kappa shape index (κ2) is 3.64. The molecular weight excluding hydrogens is 183 g/mol. The van der Waals surface area contributed by atoms with Crippen LogP contribution in [0.1, 0.15) is 5.56 Å². The lowest BCUT2D eigenvalue weighted by Crippen LogP contribution is -1.93. The first-order chi connectivity index (χ1) is 5.59. The van der Waals surface area contributed by atoms with Gasteiger partial charge in [0.15, 0.2) is 11.6 Å². The van der Waals surface area contributed by atoms with E-state index in [0.29, 0.717) is 5.56 Å². The summed E-state index contributed by atoms with van der Waals surface area (Å²) in [7, 11) is 0. The number of hydrogen-bond acceptors (Lipinski definition) is 3. The molecule has 0 amide bonds. The van der Waals surface area contributed by atoms with Crippen LogP contribution in [0, 0.1) is 5.82 Å². The van der Waals surface area contributed by atoms with Crippen molar-refractivity contribution < 1.29 is 18.3 Å². The van der Waals surface area contributed by atoms with Gasteiger partial charge in [0.05, 0.1) is 0 Å². The van der Waals surface area contributed by atoms with Crippen molar-refractivity contribution in [1.82, 2.24) is 0 Å². The zero-order chi connectivity index (χ0) is 9.14. The Kier molecular flexibility index (Phi) is 2.78. The molecule has 1 rings (SSSR count). The van der Waals surface area contributed by atoms with Gasteiger partial charge in [-0.25, -0.2) is 4.39 Å². The Morgan fingerprint density at radius 3 is 2.75 bits per heavy atom. The molecular formula is C7H6FO3S-. The van der Waals surface area contributed by atoms with Gasteiger partial charge in [0.2, 0.25) is 0 Å². The number of rotatable bonds is 2. The molecule has 1 atom stereocenters. The minimum absolute atomic E-state index is 0.239. The van der Waals surface area contributed by atoms with Gasteiger partial charge in [-0.15, -0.1) is 0 Å². The highest BCUT2D eigenvalue weighted by Crippen LogP contribution is 2.16. The highest BCUT2D eigenvalue weighted by molar-refractivity contribution is 7.78. The van der Waals surface area contributed by atoms with Crippen LogP contribution in [-0.4, -0.2) is 13.9 Å². The standard InChI is InChI=1S/C7H7FO3S/c8-6-3-5(4-12(10)11)1-2-7(6)9/h1-3,9H,4H2,(H,10,11)/p-1. The Hall–Kier alpha value is -0.940.